The third-order valence-corrected chi connectivity index (χ3v) is 4.50. The van der Waals surface area contributed by atoms with Gasteiger partial charge in [0.2, 0.25) is 0 Å². The molecule has 0 saturated carbocycles. The maximum Gasteiger partial charge on any atom is 0.0323 e. The maximum absolute atomic E-state index is 3.71. The summed E-state index contributed by atoms with van der Waals surface area (Å²) in [7, 11) is 0. The van der Waals surface area contributed by atoms with Crippen LogP contribution >= 0.6 is 31.9 Å². The quantitative estimate of drug-likeness (QED) is 0.651. The molecule has 1 N–H and O–H groups in total. The van der Waals surface area contributed by atoms with Crippen LogP contribution in [0.1, 0.15) is 43.5 Å². The molecule has 0 aliphatic rings. The van der Waals surface area contributed by atoms with Crippen LogP contribution in [0, 0.1) is 0 Å². The normalized spacial score (nSPS) is 14.0. The van der Waals surface area contributed by atoms with Gasteiger partial charge in [-0.2, -0.15) is 0 Å². The van der Waals surface area contributed by atoms with Crippen LogP contribution in [0.2, 0.25) is 0 Å². The molecule has 2 aromatic rings. The maximum atomic E-state index is 3.71. The highest BCUT2D eigenvalue weighted by molar-refractivity contribution is 9.10. The molecule has 2 atom stereocenters. The van der Waals surface area contributed by atoms with Gasteiger partial charge in [-0.15, -0.1) is 0 Å². The molecule has 0 radical (unpaired) electrons. The Balaban J connectivity index is 2.11. The summed E-state index contributed by atoms with van der Waals surface area (Å²) in [6.45, 7) is 4.43. The van der Waals surface area contributed by atoms with Crippen molar-refractivity contribution in [2.75, 3.05) is 0 Å². The topological polar surface area (TPSA) is 12.0 Å². The van der Waals surface area contributed by atoms with Gasteiger partial charge in [0.05, 0.1) is 0 Å². The second kappa shape index (κ2) is 7.39. The molecule has 0 fully saturated rings. The second-order valence-corrected chi connectivity index (χ2v) is 6.79. The van der Waals surface area contributed by atoms with Gasteiger partial charge < -0.3 is 5.32 Å². The van der Waals surface area contributed by atoms with Gasteiger partial charge in [-0.3, -0.25) is 0 Å². The number of hydrogen-bond acceptors (Lipinski definition) is 1. The van der Waals surface area contributed by atoms with E-state index in [0.29, 0.717) is 12.1 Å². The van der Waals surface area contributed by atoms with Crippen molar-refractivity contribution in [2.24, 2.45) is 0 Å². The average molecular weight is 397 g/mol. The second-order valence-electron chi connectivity index (χ2n) is 4.96. The molecule has 1 nitrogen and oxygen atoms in total. The van der Waals surface area contributed by atoms with Crippen molar-refractivity contribution in [2.45, 2.75) is 32.4 Å². The summed E-state index contributed by atoms with van der Waals surface area (Å²) in [6.07, 6.45) is 1.07. The summed E-state index contributed by atoms with van der Waals surface area (Å²) in [5.41, 5.74) is 2.63. The van der Waals surface area contributed by atoms with E-state index in [9.17, 15) is 0 Å². The van der Waals surface area contributed by atoms with E-state index in [0.717, 1.165) is 15.4 Å². The van der Waals surface area contributed by atoms with Crippen molar-refractivity contribution in [3.05, 3.63) is 68.6 Å². The fourth-order valence-corrected chi connectivity index (χ4v) is 3.00. The van der Waals surface area contributed by atoms with Crippen LogP contribution in [-0.2, 0) is 0 Å². The Kier molecular flexibility index (Phi) is 5.82. The lowest BCUT2D eigenvalue weighted by atomic mass is 10.0. The zero-order valence-corrected chi connectivity index (χ0v) is 14.9. The van der Waals surface area contributed by atoms with Crippen LogP contribution in [0.3, 0.4) is 0 Å². The monoisotopic (exact) mass is 395 g/mol. The van der Waals surface area contributed by atoms with E-state index in [4.69, 9.17) is 0 Å². The van der Waals surface area contributed by atoms with Crippen molar-refractivity contribution in [3.8, 4) is 0 Å². The molecule has 0 saturated heterocycles. The summed E-state index contributed by atoms with van der Waals surface area (Å²) in [4.78, 5) is 0. The average Bonchev–Trinajstić information content (AvgIpc) is 2.45. The van der Waals surface area contributed by atoms with E-state index in [-0.39, 0.29) is 0 Å². The van der Waals surface area contributed by atoms with E-state index < -0.39 is 0 Å². The minimum atomic E-state index is 0.320. The summed E-state index contributed by atoms with van der Waals surface area (Å²) >= 11 is 7.02. The van der Waals surface area contributed by atoms with Gasteiger partial charge in [0.25, 0.3) is 0 Å². The SMILES string of the molecule is CCC(N[C@@H](C)c1cccc(Br)c1)c1ccc(Br)cc1. The molecule has 0 aliphatic heterocycles. The largest absolute Gasteiger partial charge is 0.303 e. The molecular weight excluding hydrogens is 378 g/mol. The third-order valence-electron chi connectivity index (χ3n) is 3.48. The van der Waals surface area contributed by atoms with Gasteiger partial charge in [0.15, 0.2) is 0 Å². The first-order valence-corrected chi connectivity index (χ1v) is 8.45. The Morgan fingerprint density at radius 1 is 0.950 bits per heavy atom. The van der Waals surface area contributed by atoms with Crippen LogP contribution in [0.5, 0.6) is 0 Å². The predicted octanol–water partition coefficient (Wildman–Crippen LogP) is 6.01. The Morgan fingerprint density at radius 2 is 1.65 bits per heavy atom. The van der Waals surface area contributed by atoms with Gasteiger partial charge in [-0.1, -0.05) is 63.0 Å². The molecule has 0 heterocycles. The fraction of sp³-hybridized carbons (Fsp3) is 0.294. The Labute approximate surface area is 138 Å². The lowest BCUT2D eigenvalue weighted by molar-refractivity contribution is 0.456. The molecule has 0 amide bonds. The molecular formula is C17H19Br2N. The first-order valence-electron chi connectivity index (χ1n) is 6.87. The Bertz CT molecular complexity index is 551. The van der Waals surface area contributed by atoms with Gasteiger partial charge in [0.1, 0.15) is 0 Å². The van der Waals surface area contributed by atoms with Crippen molar-refractivity contribution in [1.82, 2.24) is 5.32 Å². The smallest absolute Gasteiger partial charge is 0.0323 e. The lowest BCUT2D eigenvalue weighted by Crippen LogP contribution is -2.24. The molecule has 20 heavy (non-hydrogen) atoms. The molecule has 106 valence electrons. The number of halogens is 2. The molecule has 0 aliphatic carbocycles. The van der Waals surface area contributed by atoms with Gasteiger partial charge >= 0.3 is 0 Å². The number of benzene rings is 2. The standard InChI is InChI=1S/C17H19Br2N/c1-3-17(13-7-9-15(18)10-8-13)20-12(2)14-5-4-6-16(19)11-14/h4-12,17,20H,3H2,1-2H3/t12-,17?/m0/s1. The minimum absolute atomic E-state index is 0.320. The van der Waals surface area contributed by atoms with E-state index >= 15 is 0 Å². The minimum Gasteiger partial charge on any atom is -0.303 e. The summed E-state index contributed by atoms with van der Waals surface area (Å²) in [6, 6.07) is 17.7. The zero-order chi connectivity index (χ0) is 14.5. The number of hydrogen-bond donors (Lipinski definition) is 1. The van der Waals surface area contributed by atoms with E-state index in [1.807, 2.05) is 0 Å². The van der Waals surface area contributed by atoms with Crippen molar-refractivity contribution >= 4 is 31.9 Å². The predicted molar refractivity (Wildman–Crippen MR) is 92.9 cm³/mol. The molecule has 3 heteroatoms. The molecule has 2 aromatic carbocycles. The van der Waals surface area contributed by atoms with Gasteiger partial charge in [0, 0.05) is 21.0 Å². The Morgan fingerprint density at radius 3 is 2.25 bits per heavy atom. The third kappa shape index (κ3) is 4.18. The van der Waals surface area contributed by atoms with Gasteiger partial charge in [-0.25, -0.2) is 0 Å². The van der Waals surface area contributed by atoms with Gasteiger partial charge in [-0.05, 0) is 48.7 Å². The van der Waals surface area contributed by atoms with Crippen LogP contribution in [0.25, 0.3) is 0 Å². The fourth-order valence-electron chi connectivity index (χ4n) is 2.32. The first kappa shape index (κ1) is 15.7. The van der Waals surface area contributed by atoms with Crippen molar-refractivity contribution < 1.29 is 0 Å². The summed E-state index contributed by atoms with van der Waals surface area (Å²) in [5.74, 6) is 0. The van der Waals surface area contributed by atoms with E-state index in [1.54, 1.807) is 0 Å². The molecule has 0 bridgehead atoms. The molecule has 0 aromatic heterocycles. The van der Waals surface area contributed by atoms with Crippen LogP contribution < -0.4 is 5.32 Å². The number of rotatable bonds is 5. The number of nitrogens with one attached hydrogen (secondary N) is 1. The van der Waals surface area contributed by atoms with E-state index in [2.05, 4.69) is 99.6 Å². The van der Waals surface area contributed by atoms with Crippen LogP contribution in [-0.4, -0.2) is 0 Å². The van der Waals surface area contributed by atoms with Crippen LogP contribution in [0.4, 0.5) is 0 Å². The van der Waals surface area contributed by atoms with Crippen LogP contribution in [0.15, 0.2) is 57.5 Å². The molecule has 2 rings (SSSR count). The Hall–Kier alpha value is -0.640. The highest BCUT2D eigenvalue weighted by atomic mass is 79.9. The van der Waals surface area contributed by atoms with Crippen molar-refractivity contribution in [3.63, 3.8) is 0 Å². The highest BCUT2D eigenvalue weighted by Gasteiger charge is 2.13. The summed E-state index contributed by atoms with van der Waals surface area (Å²) < 4.78 is 2.25. The first-order chi connectivity index (χ1) is 9.60. The zero-order valence-electron chi connectivity index (χ0n) is 11.7. The summed E-state index contributed by atoms with van der Waals surface area (Å²) in [5, 5.41) is 3.71. The van der Waals surface area contributed by atoms with Crippen molar-refractivity contribution in [1.29, 1.82) is 0 Å². The molecule has 0 spiro atoms. The molecule has 1 unspecified atom stereocenters. The highest BCUT2D eigenvalue weighted by Crippen LogP contribution is 2.24. The lowest BCUT2D eigenvalue weighted by Gasteiger charge is -2.23. The van der Waals surface area contributed by atoms with E-state index in [1.165, 1.54) is 11.1 Å².